The van der Waals surface area contributed by atoms with Crippen molar-refractivity contribution in [3.05, 3.63) is 24.3 Å². The number of hydrogen-bond donors (Lipinski definition) is 1. The molecule has 90 valence electrons. The average molecular weight is 231 g/mol. The maximum absolute atomic E-state index is 11.7. The van der Waals surface area contributed by atoms with E-state index in [4.69, 9.17) is 0 Å². The summed E-state index contributed by atoms with van der Waals surface area (Å²) in [5, 5.41) is 2.85. The molecule has 2 aliphatic heterocycles. The molecule has 0 radical (unpaired) electrons. The Morgan fingerprint density at radius 1 is 1.00 bits per heavy atom. The molecule has 2 fully saturated rings. The standard InChI is InChI=1S/C13H17N3O/c17-13-14-7-10-16(13)12-6-2-1-5-11(12)15-8-3-4-9-15/h1-2,5-6H,3-4,7-10H2,(H,14,17). The van der Waals surface area contributed by atoms with Crippen molar-refractivity contribution in [2.24, 2.45) is 0 Å². The Kier molecular flexibility index (Phi) is 2.63. The van der Waals surface area contributed by atoms with Gasteiger partial charge in [-0.15, -0.1) is 0 Å². The molecular weight excluding hydrogens is 214 g/mol. The van der Waals surface area contributed by atoms with Gasteiger partial charge in [-0.05, 0) is 25.0 Å². The van der Waals surface area contributed by atoms with Crippen LogP contribution in [0.4, 0.5) is 16.2 Å². The first-order chi connectivity index (χ1) is 8.36. The Hall–Kier alpha value is -1.71. The maximum atomic E-state index is 11.7. The lowest BCUT2D eigenvalue weighted by molar-refractivity contribution is 0.252. The van der Waals surface area contributed by atoms with Crippen molar-refractivity contribution in [2.45, 2.75) is 12.8 Å². The van der Waals surface area contributed by atoms with Crippen LogP contribution in [-0.2, 0) is 0 Å². The summed E-state index contributed by atoms with van der Waals surface area (Å²) in [7, 11) is 0. The molecule has 1 N–H and O–H groups in total. The predicted octanol–water partition coefficient (Wildman–Crippen LogP) is 1.82. The van der Waals surface area contributed by atoms with Crippen molar-refractivity contribution in [3.63, 3.8) is 0 Å². The highest BCUT2D eigenvalue weighted by molar-refractivity contribution is 5.97. The number of nitrogens with zero attached hydrogens (tertiary/aromatic N) is 2. The van der Waals surface area contributed by atoms with Crippen molar-refractivity contribution < 1.29 is 4.79 Å². The number of carbonyl (C=O) groups is 1. The number of urea groups is 1. The van der Waals surface area contributed by atoms with Crippen LogP contribution in [-0.4, -0.2) is 32.2 Å². The summed E-state index contributed by atoms with van der Waals surface area (Å²) in [6, 6.07) is 8.23. The second kappa shape index (κ2) is 4.28. The predicted molar refractivity (Wildman–Crippen MR) is 68.6 cm³/mol. The largest absolute Gasteiger partial charge is 0.370 e. The zero-order chi connectivity index (χ0) is 11.7. The van der Waals surface area contributed by atoms with Gasteiger partial charge in [-0.25, -0.2) is 4.79 Å². The molecule has 3 rings (SSSR count). The van der Waals surface area contributed by atoms with Crippen molar-refractivity contribution in [1.29, 1.82) is 0 Å². The minimum Gasteiger partial charge on any atom is -0.370 e. The molecule has 2 heterocycles. The first-order valence-corrected chi connectivity index (χ1v) is 6.25. The molecule has 1 aromatic rings. The Labute approximate surface area is 101 Å². The van der Waals surface area contributed by atoms with E-state index in [9.17, 15) is 4.79 Å². The Balaban J connectivity index is 1.95. The van der Waals surface area contributed by atoms with Gasteiger partial charge in [0.15, 0.2) is 0 Å². The molecule has 2 saturated heterocycles. The normalized spacial score (nSPS) is 19.9. The second-order valence-corrected chi connectivity index (χ2v) is 4.57. The summed E-state index contributed by atoms with van der Waals surface area (Å²) in [4.78, 5) is 16.0. The lowest BCUT2D eigenvalue weighted by atomic mass is 10.2. The fraction of sp³-hybridized carbons (Fsp3) is 0.462. The van der Waals surface area contributed by atoms with Crippen LogP contribution in [0, 0.1) is 0 Å². The van der Waals surface area contributed by atoms with Crippen molar-refractivity contribution in [3.8, 4) is 0 Å². The first kappa shape index (κ1) is 10.4. The van der Waals surface area contributed by atoms with E-state index in [0.717, 1.165) is 31.9 Å². The third-order valence-corrected chi connectivity index (χ3v) is 3.48. The molecular formula is C13H17N3O. The van der Waals surface area contributed by atoms with E-state index < -0.39 is 0 Å². The zero-order valence-electron chi connectivity index (χ0n) is 9.85. The number of anilines is 2. The van der Waals surface area contributed by atoms with Crippen LogP contribution in [0.15, 0.2) is 24.3 Å². The molecule has 2 aliphatic rings. The van der Waals surface area contributed by atoms with Crippen LogP contribution in [0.2, 0.25) is 0 Å². The molecule has 0 bridgehead atoms. The Bertz CT molecular complexity index is 426. The van der Waals surface area contributed by atoms with E-state index in [1.54, 1.807) is 0 Å². The Morgan fingerprint density at radius 2 is 1.71 bits per heavy atom. The molecule has 0 aromatic heterocycles. The fourth-order valence-electron chi connectivity index (χ4n) is 2.62. The van der Waals surface area contributed by atoms with Crippen LogP contribution in [0.5, 0.6) is 0 Å². The van der Waals surface area contributed by atoms with E-state index in [1.165, 1.54) is 18.5 Å². The molecule has 4 nitrogen and oxygen atoms in total. The number of para-hydroxylation sites is 2. The molecule has 0 unspecified atom stereocenters. The average Bonchev–Trinajstić information content (AvgIpc) is 3.00. The molecule has 17 heavy (non-hydrogen) atoms. The van der Waals surface area contributed by atoms with Gasteiger partial charge >= 0.3 is 6.03 Å². The lowest BCUT2D eigenvalue weighted by Crippen LogP contribution is -2.30. The maximum Gasteiger partial charge on any atom is 0.322 e. The molecule has 4 heteroatoms. The van der Waals surface area contributed by atoms with Crippen molar-refractivity contribution in [2.75, 3.05) is 36.0 Å². The highest BCUT2D eigenvalue weighted by Gasteiger charge is 2.25. The highest BCUT2D eigenvalue weighted by atomic mass is 16.2. The molecule has 2 amide bonds. The molecule has 0 saturated carbocycles. The van der Waals surface area contributed by atoms with Crippen molar-refractivity contribution >= 4 is 17.4 Å². The van der Waals surface area contributed by atoms with E-state index in [0.29, 0.717) is 0 Å². The number of rotatable bonds is 2. The van der Waals surface area contributed by atoms with Gasteiger partial charge in [0.2, 0.25) is 0 Å². The number of carbonyl (C=O) groups excluding carboxylic acids is 1. The third kappa shape index (κ3) is 1.84. The number of benzene rings is 1. The smallest absolute Gasteiger partial charge is 0.322 e. The molecule has 0 atom stereocenters. The highest BCUT2D eigenvalue weighted by Crippen LogP contribution is 2.32. The third-order valence-electron chi connectivity index (χ3n) is 3.48. The summed E-state index contributed by atoms with van der Waals surface area (Å²) in [6.07, 6.45) is 2.50. The lowest BCUT2D eigenvalue weighted by Gasteiger charge is -2.25. The van der Waals surface area contributed by atoms with Gasteiger partial charge in [-0.2, -0.15) is 0 Å². The van der Waals surface area contributed by atoms with Crippen molar-refractivity contribution in [1.82, 2.24) is 5.32 Å². The topological polar surface area (TPSA) is 35.6 Å². The summed E-state index contributed by atoms with van der Waals surface area (Å²) in [5.41, 5.74) is 2.24. The van der Waals surface area contributed by atoms with Gasteiger partial charge < -0.3 is 10.2 Å². The van der Waals surface area contributed by atoms with E-state index >= 15 is 0 Å². The van der Waals surface area contributed by atoms with Crippen LogP contribution in [0.1, 0.15) is 12.8 Å². The molecule has 0 aliphatic carbocycles. The van der Waals surface area contributed by atoms with Gasteiger partial charge in [0.25, 0.3) is 0 Å². The van der Waals surface area contributed by atoms with E-state index in [2.05, 4.69) is 16.3 Å². The van der Waals surface area contributed by atoms with Gasteiger partial charge in [0, 0.05) is 26.2 Å². The minimum absolute atomic E-state index is 0.0247. The number of amides is 2. The van der Waals surface area contributed by atoms with Gasteiger partial charge in [0.1, 0.15) is 0 Å². The van der Waals surface area contributed by atoms with E-state index in [-0.39, 0.29) is 6.03 Å². The quantitative estimate of drug-likeness (QED) is 0.842. The van der Waals surface area contributed by atoms with Crippen LogP contribution >= 0.6 is 0 Å². The first-order valence-electron chi connectivity index (χ1n) is 6.25. The van der Waals surface area contributed by atoms with Crippen LogP contribution in [0.25, 0.3) is 0 Å². The van der Waals surface area contributed by atoms with Gasteiger partial charge in [-0.1, -0.05) is 12.1 Å². The summed E-state index contributed by atoms with van der Waals surface area (Å²) in [6.45, 7) is 3.72. The van der Waals surface area contributed by atoms with Crippen LogP contribution < -0.4 is 15.1 Å². The summed E-state index contributed by atoms with van der Waals surface area (Å²) < 4.78 is 0. The summed E-state index contributed by atoms with van der Waals surface area (Å²) >= 11 is 0. The SMILES string of the molecule is O=C1NCCN1c1ccccc1N1CCCC1. The summed E-state index contributed by atoms with van der Waals surface area (Å²) in [5.74, 6) is 0. The second-order valence-electron chi connectivity index (χ2n) is 4.57. The molecule has 1 aromatic carbocycles. The van der Waals surface area contributed by atoms with E-state index in [1.807, 2.05) is 23.1 Å². The van der Waals surface area contributed by atoms with Gasteiger partial charge in [-0.3, -0.25) is 4.90 Å². The fourth-order valence-corrected chi connectivity index (χ4v) is 2.62. The van der Waals surface area contributed by atoms with Gasteiger partial charge in [0.05, 0.1) is 11.4 Å². The monoisotopic (exact) mass is 231 g/mol. The van der Waals surface area contributed by atoms with Crippen LogP contribution in [0.3, 0.4) is 0 Å². The zero-order valence-corrected chi connectivity index (χ0v) is 9.85. The Morgan fingerprint density at radius 3 is 2.35 bits per heavy atom. The number of nitrogens with one attached hydrogen (secondary N) is 1. The minimum atomic E-state index is 0.0247. The number of hydrogen-bond acceptors (Lipinski definition) is 2. The molecule has 0 spiro atoms.